The number of amides is 1. The van der Waals surface area contributed by atoms with Crippen LogP contribution >= 0.6 is 11.3 Å². The third-order valence-electron chi connectivity index (χ3n) is 4.06. The van der Waals surface area contributed by atoms with Crippen molar-refractivity contribution in [2.24, 2.45) is 0 Å². The van der Waals surface area contributed by atoms with Crippen LogP contribution in [0.15, 0.2) is 63.0 Å². The molecule has 0 bridgehead atoms. The summed E-state index contributed by atoms with van der Waals surface area (Å²) in [5.41, 5.74) is 3.56. The van der Waals surface area contributed by atoms with Crippen LogP contribution in [0.4, 0.5) is 5.88 Å². The summed E-state index contributed by atoms with van der Waals surface area (Å²) in [6.45, 7) is 2.11. The van der Waals surface area contributed by atoms with Crippen molar-refractivity contribution in [1.29, 1.82) is 0 Å². The summed E-state index contributed by atoms with van der Waals surface area (Å²) < 4.78 is 10.6. The van der Waals surface area contributed by atoms with Crippen LogP contribution in [0.5, 0.6) is 0 Å². The van der Waals surface area contributed by atoms with Gasteiger partial charge in [-0.1, -0.05) is 36.3 Å². The van der Waals surface area contributed by atoms with Gasteiger partial charge in [0.1, 0.15) is 5.69 Å². The first-order chi connectivity index (χ1) is 13.2. The summed E-state index contributed by atoms with van der Waals surface area (Å²) in [5, 5.41) is 9.34. The van der Waals surface area contributed by atoms with Gasteiger partial charge in [0.15, 0.2) is 10.8 Å². The number of hydrogen-bond acceptors (Lipinski definition) is 6. The molecule has 1 aromatic carbocycles. The molecule has 1 amide bonds. The molecule has 0 fully saturated rings. The van der Waals surface area contributed by atoms with E-state index in [2.05, 4.69) is 34.5 Å². The van der Waals surface area contributed by atoms with Gasteiger partial charge >= 0.3 is 0 Å². The van der Waals surface area contributed by atoms with Gasteiger partial charge in [-0.25, -0.2) is 4.98 Å². The molecule has 4 aromatic rings. The molecule has 6 nitrogen and oxygen atoms in total. The first-order valence-corrected chi connectivity index (χ1v) is 9.43. The number of benzene rings is 1. The van der Waals surface area contributed by atoms with Crippen LogP contribution in [-0.4, -0.2) is 16.0 Å². The predicted molar refractivity (Wildman–Crippen MR) is 103 cm³/mol. The van der Waals surface area contributed by atoms with Gasteiger partial charge in [0, 0.05) is 17.0 Å². The van der Waals surface area contributed by atoms with Crippen LogP contribution in [0.2, 0.25) is 0 Å². The van der Waals surface area contributed by atoms with Crippen molar-refractivity contribution < 1.29 is 13.7 Å². The van der Waals surface area contributed by atoms with Gasteiger partial charge in [0.05, 0.1) is 18.4 Å². The average molecular weight is 379 g/mol. The number of anilines is 1. The van der Waals surface area contributed by atoms with E-state index in [1.54, 1.807) is 18.4 Å². The fourth-order valence-electron chi connectivity index (χ4n) is 2.63. The molecule has 136 valence electrons. The topological polar surface area (TPSA) is 81.2 Å². The second-order valence-corrected chi connectivity index (χ2v) is 6.83. The molecule has 0 spiro atoms. The molecule has 4 rings (SSSR count). The number of rotatable bonds is 6. The SMILES string of the molecule is CCc1ccc(-c2cc(NC(=O)Cc3csc(-c4ccco4)n3)on2)cc1. The van der Waals surface area contributed by atoms with E-state index in [0.29, 0.717) is 23.0 Å². The third kappa shape index (κ3) is 3.98. The van der Waals surface area contributed by atoms with Gasteiger partial charge in [0.2, 0.25) is 11.8 Å². The molecule has 0 unspecified atom stereocenters. The Morgan fingerprint density at radius 1 is 1.22 bits per heavy atom. The lowest BCUT2D eigenvalue weighted by Crippen LogP contribution is -2.14. The lowest BCUT2D eigenvalue weighted by atomic mass is 10.1. The maximum Gasteiger partial charge on any atom is 0.232 e. The standard InChI is InChI=1S/C20H17N3O3S/c1-2-13-5-7-14(8-6-13)16-11-19(26-23-16)22-18(24)10-15-12-27-20(21-15)17-4-3-9-25-17/h3-9,11-12H,2,10H2,1H3,(H,22,24). The van der Waals surface area contributed by atoms with Crippen LogP contribution in [0.25, 0.3) is 22.0 Å². The zero-order valence-electron chi connectivity index (χ0n) is 14.6. The largest absolute Gasteiger partial charge is 0.462 e. The minimum Gasteiger partial charge on any atom is -0.462 e. The lowest BCUT2D eigenvalue weighted by molar-refractivity contribution is -0.115. The number of nitrogens with zero attached hydrogens (tertiary/aromatic N) is 2. The zero-order chi connectivity index (χ0) is 18.6. The smallest absolute Gasteiger partial charge is 0.232 e. The van der Waals surface area contributed by atoms with Crippen molar-refractivity contribution in [3.05, 3.63) is 65.4 Å². The number of furan rings is 1. The Labute approximate surface area is 159 Å². The van der Waals surface area contributed by atoms with Gasteiger partial charge in [-0.3, -0.25) is 10.1 Å². The molecule has 0 aliphatic carbocycles. The number of nitrogens with one attached hydrogen (secondary N) is 1. The summed E-state index contributed by atoms with van der Waals surface area (Å²) >= 11 is 1.44. The Kier molecular flexibility index (Phi) is 4.84. The van der Waals surface area contributed by atoms with Gasteiger partial charge in [-0.15, -0.1) is 11.3 Å². The zero-order valence-corrected chi connectivity index (χ0v) is 15.5. The fourth-order valence-corrected chi connectivity index (χ4v) is 3.42. The van der Waals surface area contributed by atoms with Crippen LogP contribution in [-0.2, 0) is 17.6 Å². The Bertz CT molecular complexity index is 1030. The van der Waals surface area contributed by atoms with Crippen LogP contribution in [0, 0.1) is 0 Å². The normalized spacial score (nSPS) is 10.9. The highest BCUT2D eigenvalue weighted by Crippen LogP contribution is 2.25. The van der Waals surface area contributed by atoms with Crippen molar-refractivity contribution in [2.75, 3.05) is 5.32 Å². The summed E-state index contributed by atoms with van der Waals surface area (Å²) in [4.78, 5) is 16.7. The molecule has 3 heterocycles. The molecule has 0 saturated carbocycles. The Hall–Kier alpha value is -3.19. The highest BCUT2D eigenvalue weighted by molar-refractivity contribution is 7.13. The third-order valence-corrected chi connectivity index (χ3v) is 4.96. The predicted octanol–water partition coefficient (Wildman–Crippen LogP) is 4.80. The Morgan fingerprint density at radius 3 is 2.81 bits per heavy atom. The number of aromatic nitrogens is 2. The van der Waals surface area contributed by atoms with Crippen LogP contribution < -0.4 is 5.32 Å². The van der Waals surface area contributed by atoms with Crippen molar-refractivity contribution in [1.82, 2.24) is 10.1 Å². The van der Waals surface area contributed by atoms with Crippen molar-refractivity contribution >= 4 is 23.1 Å². The number of hydrogen-bond donors (Lipinski definition) is 1. The number of aryl methyl sites for hydroxylation is 1. The van der Waals surface area contributed by atoms with E-state index < -0.39 is 0 Å². The van der Waals surface area contributed by atoms with Crippen molar-refractivity contribution in [3.63, 3.8) is 0 Å². The van der Waals surface area contributed by atoms with E-state index in [1.165, 1.54) is 16.9 Å². The molecule has 7 heteroatoms. The first-order valence-electron chi connectivity index (χ1n) is 8.55. The Balaban J connectivity index is 1.39. The molecule has 0 saturated heterocycles. The molecular weight excluding hydrogens is 362 g/mol. The molecule has 0 aliphatic heterocycles. The van der Waals surface area contributed by atoms with Crippen molar-refractivity contribution in [3.8, 4) is 22.0 Å². The van der Waals surface area contributed by atoms with E-state index in [-0.39, 0.29) is 12.3 Å². The summed E-state index contributed by atoms with van der Waals surface area (Å²) in [6.07, 6.45) is 2.73. The summed E-state index contributed by atoms with van der Waals surface area (Å²) in [5.74, 6) is 0.798. The second-order valence-electron chi connectivity index (χ2n) is 5.97. The van der Waals surface area contributed by atoms with Crippen LogP contribution in [0.3, 0.4) is 0 Å². The van der Waals surface area contributed by atoms with E-state index >= 15 is 0 Å². The highest BCUT2D eigenvalue weighted by atomic mass is 32.1. The average Bonchev–Trinajstić information content (AvgIpc) is 3.43. The molecule has 0 aliphatic rings. The molecule has 1 N–H and O–H groups in total. The molecule has 3 aromatic heterocycles. The van der Waals surface area contributed by atoms with Crippen LogP contribution in [0.1, 0.15) is 18.2 Å². The molecule has 0 radical (unpaired) electrons. The quantitative estimate of drug-likeness (QED) is 0.520. The molecular formula is C20H17N3O3S. The highest BCUT2D eigenvalue weighted by Gasteiger charge is 2.13. The van der Waals surface area contributed by atoms with E-state index in [9.17, 15) is 4.79 Å². The molecule has 0 atom stereocenters. The second kappa shape index (κ2) is 7.59. The fraction of sp³-hybridized carbons (Fsp3) is 0.150. The van der Waals surface area contributed by atoms with Gasteiger partial charge in [0.25, 0.3) is 0 Å². The van der Waals surface area contributed by atoms with Crippen molar-refractivity contribution in [2.45, 2.75) is 19.8 Å². The number of thiazole rings is 1. The Morgan fingerprint density at radius 2 is 2.07 bits per heavy atom. The number of carbonyl (C=O) groups is 1. The molecule has 27 heavy (non-hydrogen) atoms. The number of carbonyl (C=O) groups excluding carboxylic acids is 1. The first kappa shape index (κ1) is 17.2. The minimum atomic E-state index is -0.213. The van der Waals surface area contributed by atoms with Gasteiger partial charge in [-0.2, -0.15) is 0 Å². The summed E-state index contributed by atoms with van der Waals surface area (Å²) in [7, 11) is 0. The maximum absolute atomic E-state index is 12.2. The van der Waals surface area contributed by atoms with Gasteiger partial charge < -0.3 is 8.94 Å². The lowest BCUT2D eigenvalue weighted by Gasteiger charge is -1.98. The van der Waals surface area contributed by atoms with E-state index in [4.69, 9.17) is 8.94 Å². The minimum absolute atomic E-state index is 0.151. The van der Waals surface area contributed by atoms with E-state index in [0.717, 1.165) is 17.0 Å². The van der Waals surface area contributed by atoms with E-state index in [1.807, 2.05) is 23.6 Å². The van der Waals surface area contributed by atoms with Gasteiger partial charge in [-0.05, 0) is 24.1 Å². The monoisotopic (exact) mass is 379 g/mol. The summed E-state index contributed by atoms with van der Waals surface area (Å²) in [6, 6.07) is 13.5. The maximum atomic E-state index is 12.2.